The number of aromatic amines is 1. The molecule has 3 aromatic heterocycles. The van der Waals surface area contributed by atoms with Crippen molar-refractivity contribution in [2.75, 3.05) is 43.7 Å². The van der Waals surface area contributed by atoms with Gasteiger partial charge in [0.15, 0.2) is 41.5 Å². The van der Waals surface area contributed by atoms with E-state index in [0.717, 1.165) is 45.8 Å². The summed E-state index contributed by atoms with van der Waals surface area (Å²) in [5, 5.41) is 88.1. The van der Waals surface area contributed by atoms with E-state index in [4.69, 9.17) is 26.4 Å². The van der Waals surface area contributed by atoms with Gasteiger partial charge in [-0.25, -0.2) is 19.7 Å². The van der Waals surface area contributed by atoms with Crippen LogP contribution in [-0.2, 0) is 99.2 Å². The molecule has 49 heteroatoms. The van der Waals surface area contributed by atoms with Gasteiger partial charge in [0.25, 0.3) is 17.4 Å². The number of nitrogen functional groups attached to an aromatic ring is 1. The van der Waals surface area contributed by atoms with Crippen LogP contribution in [0.5, 0.6) is 5.75 Å². The summed E-state index contributed by atoms with van der Waals surface area (Å²) in [4.78, 5) is 277. The average molecular weight is 2020 g/mol. The number of phenols is 1. The number of benzene rings is 2. The first-order valence-corrected chi connectivity index (χ1v) is 48.9. The van der Waals surface area contributed by atoms with Crippen molar-refractivity contribution in [1.82, 2.24) is 77.5 Å². The highest BCUT2D eigenvalue weighted by molar-refractivity contribution is 8.77. The Kier molecular flexibility index (Phi) is 46.7. The number of guanidine groups is 1. The van der Waals surface area contributed by atoms with E-state index in [1.807, 2.05) is 39.6 Å². The lowest BCUT2D eigenvalue weighted by Gasteiger charge is -2.39. The van der Waals surface area contributed by atoms with Gasteiger partial charge < -0.3 is 93.7 Å². The van der Waals surface area contributed by atoms with Crippen LogP contribution < -0.4 is 65.1 Å². The molecule has 1 aliphatic rings. The van der Waals surface area contributed by atoms with Crippen molar-refractivity contribution in [2.45, 2.75) is 257 Å². The van der Waals surface area contributed by atoms with Gasteiger partial charge >= 0.3 is 41.8 Å². The summed E-state index contributed by atoms with van der Waals surface area (Å²) in [5.74, 6) is -26.3. The molecule has 0 saturated carbocycles. The van der Waals surface area contributed by atoms with E-state index < -0.39 is 247 Å². The maximum absolute atomic E-state index is 15.1. The zero-order valence-corrected chi connectivity index (χ0v) is 82.0. The van der Waals surface area contributed by atoms with Crippen LogP contribution >= 0.6 is 32.9 Å². The van der Waals surface area contributed by atoms with Crippen molar-refractivity contribution in [1.29, 1.82) is 5.41 Å². The zero-order valence-electron chi connectivity index (χ0n) is 79.6. The van der Waals surface area contributed by atoms with Gasteiger partial charge in [-0.3, -0.25) is 112 Å². The molecule has 21 N–H and O–H groups in total. The number of aliphatic carboxylic acids is 5. The predicted molar refractivity (Wildman–Crippen MR) is 512 cm³/mol. The summed E-state index contributed by atoms with van der Waals surface area (Å²) in [7, 11) is 3.93. The minimum Gasteiger partial charge on any atom is -0.508 e. The fourth-order valence-electron chi connectivity index (χ4n) is 15.2. The van der Waals surface area contributed by atoms with Gasteiger partial charge in [0.05, 0.1) is 73.6 Å². The summed E-state index contributed by atoms with van der Waals surface area (Å²) in [6, 6.07) is 3.21. The Labute approximate surface area is 818 Å². The maximum Gasteiger partial charge on any atom is 0.326 e. The number of ketones is 3. The van der Waals surface area contributed by atoms with Crippen LogP contribution in [-0.4, -0.2) is 257 Å². The highest BCUT2D eigenvalue weighted by Crippen LogP contribution is 2.43. The number of H-pyrrole nitrogens is 1. The van der Waals surface area contributed by atoms with E-state index >= 15 is 4.79 Å². The van der Waals surface area contributed by atoms with Crippen molar-refractivity contribution in [3.8, 4) is 5.75 Å². The van der Waals surface area contributed by atoms with Crippen molar-refractivity contribution in [3.63, 3.8) is 0 Å². The van der Waals surface area contributed by atoms with Crippen molar-refractivity contribution in [3.05, 3.63) is 98.0 Å². The normalized spacial score (nSPS) is 15.2. The molecule has 46 nitrogen and oxygen atoms in total. The van der Waals surface area contributed by atoms with E-state index in [0.29, 0.717) is 42.8 Å². The first-order chi connectivity index (χ1) is 66.1. The molecule has 1 unspecified atom stereocenters. The van der Waals surface area contributed by atoms with Crippen LogP contribution in [0.2, 0.25) is 0 Å². The van der Waals surface area contributed by atoms with Crippen molar-refractivity contribution in [2.24, 2.45) is 41.2 Å². The number of nitrogens with zero attached hydrogens (tertiary/aromatic N) is 6. The number of ether oxygens (including phenoxy) is 2. The molecule has 140 heavy (non-hydrogen) atoms. The smallest absolute Gasteiger partial charge is 0.326 e. The molecule has 1 saturated heterocycles. The minimum atomic E-state index is -2.04. The molecule has 0 aliphatic carbocycles. The molecule has 2 aromatic carbocycles. The number of thiazole rings is 1. The third kappa shape index (κ3) is 38.5. The summed E-state index contributed by atoms with van der Waals surface area (Å²) in [5.41, 5.74) is 16.5. The number of phenolic OH excluding ortho intramolecular Hbond substituents is 1. The molecule has 4 heterocycles. The minimum absolute atomic E-state index is 0.0128. The number of carboxylic acid groups (broad SMARTS) is 5. The number of fused-ring (bicyclic) bond motifs is 1. The number of carbonyl (C=O) groups is 18. The Morgan fingerprint density at radius 2 is 1.36 bits per heavy atom. The number of piperidine rings is 1. The number of rotatable bonds is 61. The number of hydrogen-bond donors (Lipinski definition) is 19. The molecule has 6 rings (SSSR count). The molecule has 8 amide bonds. The molecular weight excluding hydrogens is 1890 g/mol. The van der Waals surface area contributed by atoms with Crippen LogP contribution in [0.15, 0.2) is 64.9 Å². The number of carbonyl (C=O) groups excluding carboxylic acids is 13. The number of esters is 2. The molecule has 1 fully saturated rings. The topological polar surface area (TPSA) is 722 Å². The van der Waals surface area contributed by atoms with E-state index in [1.54, 1.807) is 26.0 Å². The highest BCUT2D eigenvalue weighted by Gasteiger charge is 2.44. The third-order valence-electron chi connectivity index (χ3n) is 23.2. The fraction of sp³-hybridized carbons (Fsp3) is 0.560. The van der Waals surface area contributed by atoms with E-state index in [1.165, 1.54) is 73.6 Å². The number of Topliss-reactive ketones (excluding diaryl/α,β-unsaturated/α-hetero) is 3. The SMILES string of the molecule is CCCC(=O)OCN(C(=O)[C@@H](NC(=O)[C@H]1CCCCN1C)C(C)CC)[C@H](C[C@@H](OC(C)=O)c1nc(C(=O)N[C@@H](Cc2ccc(O)cc2)C[C@H](C)C(=O)NNC(=O)CCCSSC(C)(C)[C@@H](CC(=O)[C@@H](CC(=O)O)NC(=O)[C@@H](CC(=O)O)CC(=O)[C@@H](CCCNC(=N)N)NC(=O)[C@@H](CC(=O)O)CC(=O)CC[C@@H](NC(=O)c2ccc(NCc3cnc4nc(N)[nH]c(=O)c4n3)cc2)C(=O)O)C(=O)O)cs1)C(C)C. The molecule has 766 valence electrons. The number of amides is 8. The molecule has 1 aliphatic heterocycles. The molecule has 13 atom stereocenters. The quantitative estimate of drug-likeness (QED) is 0.00472. The van der Waals surface area contributed by atoms with Crippen LogP contribution in [0.4, 0.5) is 11.6 Å². The lowest BCUT2D eigenvalue weighted by molar-refractivity contribution is -0.161. The number of aromatic hydroxyl groups is 1. The molecule has 5 aromatic rings. The summed E-state index contributed by atoms with van der Waals surface area (Å²) >= 11 is 1.00. The highest BCUT2D eigenvalue weighted by atomic mass is 33.1. The molecule has 0 spiro atoms. The van der Waals surface area contributed by atoms with Crippen LogP contribution in [0.1, 0.15) is 234 Å². The lowest BCUT2D eigenvalue weighted by atomic mass is 9.87. The third-order valence-corrected chi connectivity index (χ3v) is 27.6. The maximum atomic E-state index is 15.1. The molecule has 0 radical (unpaired) electrons. The number of likely N-dealkylation sites (N-methyl/N-ethyl adjacent to an activating group) is 1. The van der Waals surface area contributed by atoms with E-state index in [9.17, 15) is 117 Å². The lowest BCUT2D eigenvalue weighted by Crippen LogP contribution is -2.59. The van der Waals surface area contributed by atoms with Gasteiger partial charge in [0.2, 0.25) is 41.4 Å². The largest absolute Gasteiger partial charge is 0.508 e. The van der Waals surface area contributed by atoms with Crippen molar-refractivity contribution >= 4 is 168 Å². The van der Waals surface area contributed by atoms with Gasteiger partial charge in [-0.1, -0.05) is 88.1 Å². The Morgan fingerprint density at radius 3 is 1.97 bits per heavy atom. The second-order valence-electron chi connectivity index (χ2n) is 35.2. The van der Waals surface area contributed by atoms with Gasteiger partial charge in [-0.2, -0.15) is 4.98 Å². The summed E-state index contributed by atoms with van der Waals surface area (Å²) in [6.07, 6.45) is -4.32. The Balaban J connectivity index is 1.04. The summed E-state index contributed by atoms with van der Waals surface area (Å²) < 4.78 is 10.2. The average Bonchev–Trinajstić information content (AvgIpc) is 0.998. The summed E-state index contributed by atoms with van der Waals surface area (Å²) in [6.45, 7) is 15.0. The number of hydrazine groups is 1. The standard InChI is InChI=1S/C91H127N19O27S3/c1-11-17-74(123)136-46-110(86(131)75(48(5)12-2)104-83(129)65-19-13-14-32-109(65)10)66(47(3)4)42-69(137-50(7)111)85-103-64(45-138-85)82(128)99-56(35-51-21-27-58(112)28-22-51)34-49(6)78(124)108-107-70(116)20-16-33-139-140-91(8,9)60(87(132)133)40-68(115)63(41-73(121)122)102-81(127)54(39-72(119)120)37-67(114)61(18-15-31-95-89(92)93)100-80(126)53(38-71(117)118)36-59(113)29-30-62(88(134)135)101-79(125)52-23-25-55(26-24-52)96-43-57-44-97-77-76(98-57)84(130)106-90(94)105-77/h21-28,44-45,47-49,53-54,56,60-63,65-66,69,75,96,112H,11-20,29-43,46H2,1-10H3,(H,99,128)(H,100,126)(H,101,125)(H,102,127)(H,104,129)(H,107,116)(H,108,124)(H,117,118)(H,119,120)(H,121,122)(H,132,133)(H,134,135)(H4,92,93,95)(H3,94,97,105,106,130)/t48?,49-,53+,54+,56+,60-,61+,62+,63+,65+,66+,69+,75-/m0/s1. The number of likely N-dealkylation sites (tertiary alicyclic amines) is 1. The van der Waals surface area contributed by atoms with Gasteiger partial charge in [-0.05, 0) is 139 Å². The first-order valence-electron chi connectivity index (χ1n) is 45.7. The van der Waals surface area contributed by atoms with E-state index in [2.05, 4.69) is 73.0 Å². The Morgan fingerprint density at radius 1 is 0.714 bits per heavy atom. The second-order valence-corrected chi connectivity index (χ2v) is 39.2. The zero-order chi connectivity index (χ0) is 104. The second kappa shape index (κ2) is 56.7. The Hall–Kier alpha value is -13.3. The van der Waals surface area contributed by atoms with Gasteiger partial charge in [0, 0.05) is 104 Å². The predicted octanol–water partition coefficient (Wildman–Crippen LogP) is 4.82. The van der Waals surface area contributed by atoms with Crippen LogP contribution in [0, 0.1) is 40.9 Å². The number of hydrogen-bond acceptors (Lipinski definition) is 33. The van der Waals surface area contributed by atoms with Crippen LogP contribution in [0.25, 0.3) is 11.2 Å². The number of aromatic nitrogens is 5. The number of nitrogens with one attached hydrogen (secondary N) is 11. The molecular formula is C91H127N19O27S3. The van der Waals surface area contributed by atoms with Crippen molar-refractivity contribution < 1.29 is 126 Å². The fourth-order valence-corrected chi connectivity index (χ4v) is 18.9. The first kappa shape index (κ1) is 115. The van der Waals surface area contributed by atoms with E-state index in [-0.39, 0.29) is 127 Å². The number of carboxylic acids is 5. The van der Waals surface area contributed by atoms with Crippen LogP contribution in [0.3, 0.4) is 0 Å². The Bertz CT molecular complexity index is 5280. The van der Waals surface area contributed by atoms with Gasteiger partial charge in [-0.15, -0.1) is 11.3 Å². The number of anilines is 2. The monoisotopic (exact) mass is 2010 g/mol. The molecule has 0 bridgehead atoms. The van der Waals surface area contributed by atoms with Gasteiger partial charge in [0.1, 0.15) is 34.3 Å². The number of nitrogens with two attached hydrogens (primary N) is 2.